The third-order valence-electron chi connectivity index (χ3n) is 6.44. The zero-order valence-electron chi connectivity index (χ0n) is 17.9. The number of likely N-dealkylation sites (tertiary alicyclic amines) is 1. The Morgan fingerprint density at radius 3 is 2.42 bits per heavy atom. The highest BCUT2D eigenvalue weighted by molar-refractivity contribution is 5.96. The molecule has 1 unspecified atom stereocenters. The molecule has 3 rings (SSSR count). The lowest BCUT2D eigenvalue weighted by atomic mass is 10.1. The smallest absolute Gasteiger partial charge is 0.408 e. The molecule has 1 aliphatic heterocycles. The molecule has 0 spiro atoms. The van der Waals surface area contributed by atoms with Crippen LogP contribution in [0.5, 0.6) is 0 Å². The predicted molar refractivity (Wildman–Crippen MR) is 112 cm³/mol. The Bertz CT molecular complexity index is 790. The first-order chi connectivity index (χ1) is 14.7. The van der Waals surface area contributed by atoms with Gasteiger partial charge in [-0.3, -0.25) is 9.59 Å². The van der Waals surface area contributed by atoms with Crippen LogP contribution in [0.3, 0.4) is 0 Å². The van der Waals surface area contributed by atoms with Crippen molar-refractivity contribution in [2.24, 2.45) is 5.92 Å². The van der Waals surface area contributed by atoms with Crippen LogP contribution >= 0.6 is 0 Å². The summed E-state index contributed by atoms with van der Waals surface area (Å²) in [5.41, 5.74) is -0.928. The first-order valence-electron chi connectivity index (χ1n) is 10.8. The molecule has 3 aliphatic rings. The van der Waals surface area contributed by atoms with Gasteiger partial charge in [-0.25, -0.2) is 9.59 Å². The van der Waals surface area contributed by atoms with Crippen molar-refractivity contribution in [3.63, 3.8) is 0 Å². The van der Waals surface area contributed by atoms with Gasteiger partial charge in [0.1, 0.15) is 23.7 Å². The van der Waals surface area contributed by atoms with E-state index in [-0.39, 0.29) is 18.4 Å². The zero-order chi connectivity index (χ0) is 22.8. The van der Waals surface area contributed by atoms with Crippen molar-refractivity contribution in [2.75, 3.05) is 6.54 Å². The summed E-state index contributed by atoms with van der Waals surface area (Å²) >= 11 is 0. The number of aliphatic carboxylic acids is 1. The molecule has 0 aromatic rings. The van der Waals surface area contributed by atoms with E-state index in [0.717, 1.165) is 25.7 Å². The number of carbonyl (C=O) groups is 4. The summed E-state index contributed by atoms with van der Waals surface area (Å²) in [7, 11) is 0. The second-order valence-corrected chi connectivity index (χ2v) is 8.74. The first-order valence-corrected chi connectivity index (χ1v) is 10.8. The highest BCUT2D eigenvalue weighted by atomic mass is 16.6. The molecule has 3 N–H and O–H groups in total. The molecule has 9 heteroatoms. The number of carboxylic acids is 1. The Labute approximate surface area is 181 Å². The lowest BCUT2D eigenvalue weighted by molar-refractivity contribution is -0.145. The molecule has 31 heavy (non-hydrogen) atoms. The molecule has 9 nitrogen and oxygen atoms in total. The molecule has 3 amide bonds. The third kappa shape index (κ3) is 4.75. The van der Waals surface area contributed by atoms with Crippen molar-refractivity contribution in [3.05, 3.63) is 24.8 Å². The maximum Gasteiger partial charge on any atom is 0.408 e. The minimum atomic E-state index is -1.35. The van der Waals surface area contributed by atoms with Crippen molar-refractivity contribution in [1.29, 1.82) is 0 Å². The SMILES string of the molecule is C=CC1C[C@]1(NC(=O)[C@@H]1CCCN1C(=O)[C@@H](NC(=O)OC1CCCC1)C(=C)C)C(=O)O. The number of hydrogen-bond acceptors (Lipinski definition) is 5. The van der Waals surface area contributed by atoms with Gasteiger partial charge in [0.25, 0.3) is 0 Å². The highest BCUT2D eigenvalue weighted by Crippen LogP contribution is 2.44. The van der Waals surface area contributed by atoms with Gasteiger partial charge in [-0.1, -0.05) is 12.7 Å². The van der Waals surface area contributed by atoms with Crippen molar-refractivity contribution in [3.8, 4) is 0 Å². The lowest BCUT2D eigenvalue weighted by Crippen LogP contribution is -2.56. The minimum Gasteiger partial charge on any atom is -0.479 e. The second kappa shape index (κ2) is 9.11. The Hall–Kier alpha value is -2.84. The topological polar surface area (TPSA) is 125 Å². The highest BCUT2D eigenvalue weighted by Gasteiger charge is 2.61. The van der Waals surface area contributed by atoms with Crippen molar-refractivity contribution >= 4 is 23.9 Å². The van der Waals surface area contributed by atoms with Gasteiger partial charge in [-0.15, -0.1) is 6.58 Å². The number of nitrogens with zero attached hydrogens (tertiary/aromatic N) is 1. The average Bonchev–Trinajstić information content (AvgIpc) is 3.06. The summed E-state index contributed by atoms with van der Waals surface area (Å²) in [6, 6.07) is -1.82. The van der Waals surface area contributed by atoms with E-state index in [1.165, 1.54) is 11.0 Å². The first kappa shape index (κ1) is 22.8. The van der Waals surface area contributed by atoms with Crippen molar-refractivity contribution in [2.45, 2.75) is 75.6 Å². The monoisotopic (exact) mass is 433 g/mol. The average molecular weight is 434 g/mol. The van der Waals surface area contributed by atoms with Gasteiger partial charge in [0.2, 0.25) is 11.8 Å². The third-order valence-corrected chi connectivity index (χ3v) is 6.44. The summed E-state index contributed by atoms with van der Waals surface area (Å²) < 4.78 is 5.39. The summed E-state index contributed by atoms with van der Waals surface area (Å²) in [5, 5.41) is 14.7. The van der Waals surface area contributed by atoms with E-state index in [1.807, 2.05) is 0 Å². The molecular formula is C22H31N3O6. The van der Waals surface area contributed by atoms with E-state index in [1.54, 1.807) is 6.92 Å². The Balaban J connectivity index is 1.65. The van der Waals surface area contributed by atoms with E-state index in [9.17, 15) is 24.3 Å². The number of amides is 3. The van der Waals surface area contributed by atoms with Gasteiger partial charge >= 0.3 is 12.1 Å². The zero-order valence-corrected chi connectivity index (χ0v) is 17.9. The number of nitrogens with one attached hydrogen (secondary N) is 2. The van der Waals surface area contributed by atoms with Gasteiger partial charge in [0.15, 0.2) is 0 Å². The van der Waals surface area contributed by atoms with Gasteiger partial charge in [-0.05, 0) is 57.4 Å². The van der Waals surface area contributed by atoms with E-state index < -0.39 is 41.5 Å². The number of carboxylic acid groups (broad SMARTS) is 1. The maximum absolute atomic E-state index is 13.2. The quantitative estimate of drug-likeness (QED) is 0.501. The Morgan fingerprint density at radius 1 is 1.19 bits per heavy atom. The van der Waals surface area contributed by atoms with Crippen LogP contribution in [0, 0.1) is 5.92 Å². The summed E-state index contributed by atoms with van der Waals surface area (Å²) in [4.78, 5) is 51.4. The fourth-order valence-corrected chi connectivity index (χ4v) is 4.49. The fourth-order valence-electron chi connectivity index (χ4n) is 4.49. The minimum absolute atomic E-state index is 0.144. The molecule has 0 radical (unpaired) electrons. The lowest BCUT2D eigenvalue weighted by Gasteiger charge is -2.30. The van der Waals surface area contributed by atoms with Crippen LogP contribution in [-0.2, 0) is 19.1 Å². The molecular weight excluding hydrogens is 402 g/mol. The molecule has 0 aromatic heterocycles. The van der Waals surface area contributed by atoms with Crippen LogP contribution in [0.1, 0.15) is 51.9 Å². The summed E-state index contributed by atoms with van der Waals surface area (Å²) in [6.07, 6.45) is 5.64. The molecule has 2 aliphatic carbocycles. The summed E-state index contributed by atoms with van der Waals surface area (Å²) in [6.45, 7) is 9.39. The molecule has 0 aromatic carbocycles. The maximum atomic E-state index is 13.2. The van der Waals surface area contributed by atoms with E-state index >= 15 is 0 Å². The van der Waals surface area contributed by atoms with Crippen molar-refractivity contribution in [1.82, 2.24) is 15.5 Å². The summed E-state index contributed by atoms with van der Waals surface area (Å²) in [5.74, 6) is -2.41. The van der Waals surface area contributed by atoms with Crippen LogP contribution in [0.4, 0.5) is 4.79 Å². The fraction of sp³-hybridized carbons (Fsp3) is 0.636. The van der Waals surface area contributed by atoms with E-state index in [2.05, 4.69) is 23.8 Å². The van der Waals surface area contributed by atoms with Crippen LogP contribution in [0.2, 0.25) is 0 Å². The molecule has 1 heterocycles. The number of carbonyl (C=O) groups excluding carboxylic acids is 3. The standard InChI is InChI=1S/C22H31N3O6/c1-4-14-12-22(14,20(28)29)24-18(26)16-10-7-11-25(16)19(27)17(13(2)3)23-21(30)31-15-8-5-6-9-15/h4,14-17H,1-2,5-12H2,3H3,(H,23,30)(H,24,26)(H,28,29)/t14?,16-,17-,22+/m0/s1. The number of alkyl carbamates (subject to hydrolysis) is 1. The molecule has 1 saturated heterocycles. The molecule has 3 fully saturated rings. The Kier molecular flexibility index (Phi) is 6.71. The normalized spacial score (nSPS) is 28.5. The van der Waals surface area contributed by atoms with Gasteiger partial charge in [-0.2, -0.15) is 0 Å². The van der Waals surface area contributed by atoms with Crippen LogP contribution in [-0.4, -0.2) is 64.2 Å². The van der Waals surface area contributed by atoms with Crippen LogP contribution < -0.4 is 10.6 Å². The van der Waals surface area contributed by atoms with E-state index in [4.69, 9.17) is 4.74 Å². The van der Waals surface area contributed by atoms with Crippen LogP contribution in [0.15, 0.2) is 24.8 Å². The number of hydrogen-bond donors (Lipinski definition) is 3. The molecule has 170 valence electrons. The number of ether oxygens (including phenoxy) is 1. The van der Waals surface area contributed by atoms with Crippen molar-refractivity contribution < 1.29 is 29.0 Å². The molecule has 4 atom stereocenters. The number of rotatable bonds is 8. The second-order valence-electron chi connectivity index (χ2n) is 8.74. The van der Waals surface area contributed by atoms with Gasteiger partial charge < -0.3 is 25.4 Å². The Morgan fingerprint density at radius 2 is 1.87 bits per heavy atom. The predicted octanol–water partition coefficient (Wildman–Crippen LogP) is 1.74. The molecule has 2 saturated carbocycles. The van der Waals surface area contributed by atoms with Gasteiger partial charge in [0.05, 0.1) is 0 Å². The molecule has 0 bridgehead atoms. The van der Waals surface area contributed by atoms with E-state index in [0.29, 0.717) is 25.0 Å². The largest absolute Gasteiger partial charge is 0.479 e. The van der Waals surface area contributed by atoms with Gasteiger partial charge in [0, 0.05) is 12.5 Å². The van der Waals surface area contributed by atoms with Crippen LogP contribution in [0.25, 0.3) is 0 Å².